The van der Waals surface area contributed by atoms with Gasteiger partial charge in [-0.05, 0) is 117 Å². The van der Waals surface area contributed by atoms with E-state index in [4.69, 9.17) is 37.7 Å². The normalized spacial score (nSPS) is 20.4. The highest BCUT2D eigenvalue weighted by Crippen LogP contribution is 2.43. The lowest BCUT2D eigenvalue weighted by atomic mass is 9.71. The predicted octanol–water partition coefficient (Wildman–Crippen LogP) is 6.89. The fourth-order valence-corrected chi connectivity index (χ4v) is 9.05. The van der Waals surface area contributed by atoms with Gasteiger partial charge in [0.05, 0.1) is 22.2 Å². The minimum Gasteiger partial charge on any atom is -0.489 e. The Labute approximate surface area is 319 Å². The first-order chi connectivity index (χ1) is 25.2. The van der Waals surface area contributed by atoms with Gasteiger partial charge in [-0.25, -0.2) is 9.97 Å². The Morgan fingerprint density at radius 1 is 0.962 bits per heavy atom. The molecule has 52 heavy (non-hydrogen) atoms. The van der Waals surface area contributed by atoms with Crippen molar-refractivity contribution in [3.05, 3.63) is 76.1 Å². The lowest BCUT2D eigenvalue weighted by Gasteiger charge is -2.57. The Morgan fingerprint density at radius 2 is 1.69 bits per heavy atom. The van der Waals surface area contributed by atoms with Crippen LogP contribution >= 0.6 is 23.2 Å². The van der Waals surface area contributed by atoms with Crippen molar-refractivity contribution >= 4 is 29.2 Å². The quantitative estimate of drug-likeness (QED) is 0.199. The Kier molecular flexibility index (Phi) is 11.8. The highest BCUT2D eigenvalue weighted by Gasteiger charge is 2.47. The van der Waals surface area contributed by atoms with Gasteiger partial charge >= 0.3 is 0 Å². The molecule has 7 rings (SSSR count). The van der Waals surface area contributed by atoms with Gasteiger partial charge in [-0.3, -0.25) is 4.90 Å². The van der Waals surface area contributed by atoms with Crippen LogP contribution in [0.15, 0.2) is 48.7 Å². The van der Waals surface area contributed by atoms with Crippen molar-refractivity contribution in [2.45, 2.75) is 70.4 Å². The van der Waals surface area contributed by atoms with Gasteiger partial charge < -0.3 is 24.6 Å². The highest BCUT2D eigenvalue weighted by atomic mass is 35.5. The molecule has 1 N–H and O–H groups in total. The number of benzene rings is 2. The molecule has 0 aliphatic carbocycles. The molecule has 278 valence electrons. The fraction of sp³-hybridized carbons (Fsp3) is 0.585. The van der Waals surface area contributed by atoms with E-state index in [9.17, 15) is 5.26 Å². The molecular formula is C41H53Cl2N7O2. The minimum absolute atomic E-state index is 0.285. The molecular weight excluding hydrogens is 693 g/mol. The van der Waals surface area contributed by atoms with Crippen LogP contribution < -0.4 is 19.7 Å². The average molecular weight is 747 g/mol. The van der Waals surface area contributed by atoms with Crippen LogP contribution in [0.1, 0.15) is 74.8 Å². The summed E-state index contributed by atoms with van der Waals surface area (Å²) in [4.78, 5) is 17.4. The topological polar surface area (TPSA) is 89.8 Å². The summed E-state index contributed by atoms with van der Waals surface area (Å²) in [5, 5.41) is 13.7. The molecule has 0 bridgehead atoms. The highest BCUT2D eigenvalue weighted by molar-refractivity contribution is 6.32. The third-order valence-corrected chi connectivity index (χ3v) is 12.5. The van der Waals surface area contributed by atoms with E-state index < -0.39 is 5.41 Å². The van der Waals surface area contributed by atoms with Crippen LogP contribution in [0.4, 0.5) is 5.95 Å². The van der Waals surface area contributed by atoms with Gasteiger partial charge in [-0.2, -0.15) is 5.26 Å². The average Bonchev–Trinajstić information content (AvgIpc) is 3.16. The molecule has 1 spiro atoms. The van der Waals surface area contributed by atoms with Crippen LogP contribution in [0.3, 0.4) is 0 Å². The number of ether oxygens (including phenoxy) is 2. The monoisotopic (exact) mass is 745 g/mol. The fourth-order valence-electron chi connectivity index (χ4n) is 8.70. The third-order valence-electron chi connectivity index (χ3n) is 12.1. The number of nitriles is 1. The summed E-state index contributed by atoms with van der Waals surface area (Å²) in [7, 11) is 0. The molecule has 0 unspecified atom stereocenters. The van der Waals surface area contributed by atoms with Crippen molar-refractivity contribution in [3.8, 4) is 17.6 Å². The van der Waals surface area contributed by atoms with Crippen LogP contribution in [-0.4, -0.2) is 97.2 Å². The van der Waals surface area contributed by atoms with Crippen molar-refractivity contribution in [1.82, 2.24) is 25.1 Å². The van der Waals surface area contributed by atoms with Gasteiger partial charge in [-0.15, -0.1) is 11.6 Å². The van der Waals surface area contributed by atoms with Crippen LogP contribution in [0.25, 0.3) is 0 Å². The summed E-state index contributed by atoms with van der Waals surface area (Å²) >= 11 is 12.3. The zero-order valence-corrected chi connectivity index (χ0v) is 32.3. The number of hydrogen-bond acceptors (Lipinski definition) is 9. The molecule has 2 aromatic carbocycles. The summed E-state index contributed by atoms with van der Waals surface area (Å²) < 4.78 is 11.8. The Balaban J connectivity index is 0.873. The van der Waals surface area contributed by atoms with Gasteiger partial charge in [0.1, 0.15) is 25.0 Å². The first-order valence-electron chi connectivity index (χ1n) is 19.2. The molecule has 4 aliphatic rings. The van der Waals surface area contributed by atoms with E-state index in [1.807, 2.05) is 36.5 Å². The number of anilines is 1. The number of alkyl halides is 1. The number of hydrogen-bond donors (Lipinski definition) is 1. The largest absolute Gasteiger partial charge is 0.489 e. The number of aromatic nitrogens is 2. The Hall–Kier alpha value is -3.13. The van der Waals surface area contributed by atoms with Gasteiger partial charge in [-0.1, -0.05) is 37.6 Å². The van der Waals surface area contributed by atoms with Crippen LogP contribution in [0, 0.1) is 22.7 Å². The Morgan fingerprint density at radius 3 is 2.38 bits per heavy atom. The molecule has 11 heteroatoms. The summed E-state index contributed by atoms with van der Waals surface area (Å²) in [6, 6.07) is 16.7. The molecule has 3 aromatic rings. The summed E-state index contributed by atoms with van der Waals surface area (Å²) in [6.45, 7) is 15.7. The van der Waals surface area contributed by atoms with E-state index in [2.05, 4.69) is 57.0 Å². The maximum absolute atomic E-state index is 9.75. The standard InChI is InChI=1S/C41H53Cl2N7O2/c1-40(2,33-23-31(25-44)38(37(43)24-33)51-22-14-42)32-3-5-36(6-4-32)52-27-34-9-17-46-39(47-34)49-20-12-41(13-21-49)28-50(29-41)35-10-18-48(19-11-35)26-30-7-15-45-16-8-30/h3-6,9,17,23-24,30,35,45H,7-8,10-16,18-22,26-29H2,1-2H3. The number of nitrogens with one attached hydrogen (secondary N) is 1. The number of rotatable bonds is 12. The summed E-state index contributed by atoms with van der Waals surface area (Å²) in [5.41, 5.74) is 3.32. The van der Waals surface area contributed by atoms with Crippen LogP contribution in [0.5, 0.6) is 11.5 Å². The second-order valence-corrected chi connectivity index (χ2v) is 16.7. The van der Waals surface area contributed by atoms with E-state index in [0.717, 1.165) is 53.6 Å². The summed E-state index contributed by atoms with van der Waals surface area (Å²) in [6.07, 6.45) is 9.62. The molecule has 4 fully saturated rings. The van der Waals surface area contributed by atoms with Gasteiger partial charge in [0.15, 0.2) is 5.75 Å². The lowest BCUT2D eigenvalue weighted by Crippen LogP contribution is -2.64. The van der Waals surface area contributed by atoms with Crippen molar-refractivity contribution in [2.24, 2.45) is 11.3 Å². The van der Waals surface area contributed by atoms with E-state index in [0.29, 0.717) is 34.2 Å². The lowest BCUT2D eigenvalue weighted by molar-refractivity contribution is -0.0621. The van der Waals surface area contributed by atoms with Gasteiger partial charge in [0.25, 0.3) is 0 Å². The van der Waals surface area contributed by atoms with Crippen molar-refractivity contribution in [2.75, 3.05) is 76.3 Å². The Bertz CT molecular complexity index is 1680. The number of halogens is 2. The molecule has 4 saturated heterocycles. The SMILES string of the molecule is CC(C)(c1ccc(OCc2ccnc(N3CCC4(CC3)CN(C3CCN(CC5CCNCC5)CC3)C4)n2)cc1)c1cc(Cl)c(OCCCl)c(C#N)c1. The molecule has 0 saturated carbocycles. The summed E-state index contributed by atoms with van der Waals surface area (Å²) in [5.74, 6) is 3.16. The molecule has 4 aliphatic heterocycles. The van der Waals surface area contributed by atoms with E-state index in [1.165, 1.54) is 84.3 Å². The maximum Gasteiger partial charge on any atom is 0.225 e. The van der Waals surface area contributed by atoms with E-state index in [1.54, 1.807) is 0 Å². The first kappa shape index (κ1) is 37.2. The van der Waals surface area contributed by atoms with E-state index >= 15 is 0 Å². The van der Waals surface area contributed by atoms with Crippen molar-refractivity contribution in [3.63, 3.8) is 0 Å². The molecule has 0 radical (unpaired) electrons. The molecule has 0 atom stereocenters. The molecule has 1 aromatic heterocycles. The third kappa shape index (κ3) is 8.48. The minimum atomic E-state index is -0.408. The van der Waals surface area contributed by atoms with Crippen molar-refractivity contribution in [1.29, 1.82) is 5.26 Å². The van der Waals surface area contributed by atoms with Gasteiger partial charge in [0.2, 0.25) is 5.95 Å². The second-order valence-electron chi connectivity index (χ2n) is 15.9. The predicted molar refractivity (Wildman–Crippen MR) is 208 cm³/mol. The van der Waals surface area contributed by atoms with Crippen LogP contribution in [-0.2, 0) is 12.0 Å². The first-order valence-corrected chi connectivity index (χ1v) is 20.1. The number of nitrogens with zero attached hydrogens (tertiary/aromatic N) is 6. The molecule has 9 nitrogen and oxygen atoms in total. The zero-order valence-electron chi connectivity index (χ0n) is 30.8. The van der Waals surface area contributed by atoms with Crippen molar-refractivity contribution < 1.29 is 9.47 Å². The number of piperidine rings is 3. The smallest absolute Gasteiger partial charge is 0.225 e. The molecule has 0 amide bonds. The maximum atomic E-state index is 9.75. The second kappa shape index (κ2) is 16.5. The zero-order chi connectivity index (χ0) is 36.1. The number of likely N-dealkylation sites (tertiary alicyclic amines) is 2. The molecule has 5 heterocycles. The van der Waals surface area contributed by atoms with E-state index in [-0.39, 0.29) is 6.61 Å². The van der Waals surface area contributed by atoms with Crippen LogP contribution in [0.2, 0.25) is 5.02 Å². The van der Waals surface area contributed by atoms with Gasteiger partial charge in [0, 0.05) is 50.4 Å².